The first-order chi connectivity index (χ1) is 8.09. The van der Waals surface area contributed by atoms with Gasteiger partial charge in [0.05, 0.1) is 0 Å². The van der Waals surface area contributed by atoms with E-state index < -0.39 is 12.0 Å². The highest BCUT2D eigenvalue weighted by molar-refractivity contribution is 7.99. The number of carbonyl (C=O) groups is 1. The fourth-order valence-electron chi connectivity index (χ4n) is 1.17. The number of pyridine rings is 1. The summed E-state index contributed by atoms with van der Waals surface area (Å²) in [6, 6.07) is 3.12. The molecule has 5 nitrogen and oxygen atoms in total. The van der Waals surface area contributed by atoms with Crippen molar-refractivity contribution in [3.63, 3.8) is 0 Å². The predicted octanol–water partition coefficient (Wildman–Crippen LogP) is 0.947. The maximum absolute atomic E-state index is 10.5. The zero-order valence-corrected chi connectivity index (χ0v) is 10.5. The van der Waals surface area contributed by atoms with Gasteiger partial charge in [-0.25, -0.2) is 4.98 Å². The molecular weight excluding hydrogens is 238 g/mol. The molecule has 0 aromatic carbocycles. The third kappa shape index (κ3) is 5.55. The second kappa shape index (κ2) is 7.13. The SMILES string of the molecule is Cc1ccnc(NCCSC[C@H](N)C(=O)O)c1. The molecule has 0 radical (unpaired) electrons. The summed E-state index contributed by atoms with van der Waals surface area (Å²) < 4.78 is 0. The Morgan fingerprint density at radius 3 is 3.12 bits per heavy atom. The summed E-state index contributed by atoms with van der Waals surface area (Å²) in [5.74, 6) is 1.12. The molecule has 0 aliphatic rings. The number of carboxylic acid groups (broad SMARTS) is 1. The molecule has 1 rings (SSSR count). The molecule has 94 valence electrons. The first kappa shape index (κ1) is 13.8. The molecule has 0 aliphatic heterocycles. The molecule has 1 heterocycles. The maximum atomic E-state index is 10.5. The van der Waals surface area contributed by atoms with E-state index in [1.807, 2.05) is 19.1 Å². The number of thioether (sulfide) groups is 1. The van der Waals surface area contributed by atoms with Gasteiger partial charge in [0.1, 0.15) is 11.9 Å². The van der Waals surface area contributed by atoms with Crippen LogP contribution in [0.1, 0.15) is 5.56 Å². The van der Waals surface area contributed by atoms with E-state index in [0.717, 1.165) is 23.7 Å². The van der Waals surface area contributed by atoms with Gasteiger partial charge in [0.25, 0.3) is 0 Å². The monoisotopic (exact) mass is 255 g/mol. The highest BCUT2D eigenvalue weighted by Crippen LogP contribution is 2.06. The second-order valence-electron chi connectivity index (χ2n) is 3.66. The van der Waals surface area contributed by atoms with Crippen LogP contribution in [0.4, 0.5) is 5.82 Å². The van der Waals surface area contributed by atoms with Gasteiger partial charge in [-0.05, 0) is 24.6 Å². The molecule has 0 fully saturated rings. The normalized spacial score (nSPS) is 12.1. The Morgan fingerprint density at radius 2 is 2.47 bits per heavy atom. The minimum atomic E-state index is -0.953. The standard InChI is InChI=1S/C11H17N3O2S/c1-8-2-3-13-10(6-8)14-4-5-17-7-9(12)11(15)16/h2-3,6,9H,4-5,7,12H2,1H3,(H,13,14)(H,15,16)/t9-/m0/s1. The van der Waals surface area contributed by atoms with Gasteiger partial charge in [-0.3, -0.25) is 4.79 Å². The summed E-state index contributed by atoms with van der Waals surface area (Å²) in [5, 5.41) is 11.8. The van der Waals surface area contributed by atoms with Crippen molar-refractivity contribution in [1.82, 2.24) is 4.98 Å². The summed E-state index contributed by atoms with van der Waals surface area (Å²) in [6.45, 7) is 2.75. The van der Waals surface area contributed by atoms with Crippen molar-refractivity contribution in [3.05, 3.63) is 23.9 Å². The number of aryl methyl sites for hydroxylation is 1. The van der Waals surface area contributed by atoms with Crippen LogP contribution in [0.3, 0.4) is 0 Å². The number of rotatable bonds is 7. The lowest BCUT2D eigenvalue weighted by molar-refractivity contribution is -0.137. The number of carboxylic acids is 1. The molecule has 6 heteroatoms. The number of hydrogen-bond donors (Lipinski definition) is 3. The molecule has 0 spiro atoms. The van der Waals surface area contributed by atoms with Gasteiger partial charge in [-0.2, -0.15) is 11.8 Å². The van der Waals surface area contributed by atoms with Crippen LogP contribution in [-0.4, -0.2) is 40.2 Å². The Balaban J connectivity index is 2.14. The smallest absolute Gasteiger partial charge is 0.321 e. The Labute approximate surface area is 105 Å². The van der Waals surface area contributed by atoms with E-state index in [-0.39, 0.29) is 0 Å². The lowest BCUT2D eigenvalue weighted by atomic mass is 10.3. The third-order valence-corrected chi connectivity index (χ3v) is 3.17. The molecular formula is C11H17N3O2S. The zero-order chi connectivity index (χ0) is 12.7. The largest absolute Gasteiger partial charge is 0.480 e. The van der Waals surface area contributed by atoms with Crippen molar-refractivity contribution in [1.29, 1.82) is 0 Å². The molecule has 0 saturated carbocycles. The van der Waals surface area contributed by atoms with Crippen molar-refractivity contribution in [2.24, 2.45) is 5.73 Å². The van der Waals surface area contributed by atoms with Crippen molar-refractivity contribution >= 4 is 23.5 Å². The van der Waals surface area contributed by atoms with Crippen LogP contribution in [0.15, 0.2) is 18.3 Å². The summed E-state index contributed by atoms with van der Waals surface area (Å²) >= 11 is 1.52. The molecule has 1 aromatic rings. The van der Waals surface area contributed by atoms with E-state index >= 15 is 0 Å². The van der Waals surface area contributed by atoms with Crippen LogP contribution in [0.2, 0.25) is 0 Å². The molecule has 17 heavy (non-hydrogen) atoms. The van der Waals surface area contributed by atoms with Gasteiger partial charge in [-0.1, -0.05) is 0 Å². The van der Waals surface area contributed by atoms with E-state index in [4.69, 9.17) is 10.8 Å². The maximum Gasteiger partial charge on any atom is 0.321 e. The first-order valence-electron chi connectivity index (χ1n) is 5.32. The Morgan fingerprint density at radius 1 is 1.71 bits per heavy atom. The number of anilines is 1. The lowest BCUT2D eigenvalue weighted by Gasteiger charge is -2.07. The van der Waals surface area contributed by atoms with E-state index in [9.17, 15) is 4.79 Å². The molecule has 1 atom stereocenters. The van der Waals surface area contributed by atoms with Crippen molar-refractivity contribution < 1.29 is 9.90 Å². The highest BCUT2D eigenvalue weighted by atomic mass is 32.2. The number of nitrogens with zero attached hydrogens (tertiary/aromatic N) is 1. The average molecular weight is 255 g/mol. The fraction of sp³-hybridized carbons (Fsp3) is 0.455. The minimum absolute atomic E-state index is 0.429. The Hall–Kier alpha value is -1.27. The van der Waals surface area contributed by atoms with E-state index in [2.05, 4.69) is 10.3 Å². The van der Waals surface area contributed by atoms with Crippen LogP contribution in [0, 0.1) is 6.92 Å². The number of aromatic nitrogens is 1. The van der Waals surface area contributed by atoms with Crippen LogP contribution < -0.4 is 11.1 Å². The quantitative estimate of drug-likeness (QED) is 0.629. The minimum Gasteiger partial charge on any atom is -0.480 e. The zero-order valence-electron chi connectivity index (χ0n) is 9.72. The van der Waals surface area contributed by atoms with Gasteiger partial charge in [0, 0.05) is 24.2 Å². The Bertz CT molecular complexity index is 373. The Kier molecular flexibility index (Phi) is 5.79. The molecule has 0 saturated heterocycles. The third-order valence-electron chi connectivity index (χ3n) is 2.08. The predicted molar refractivity (Wildman–Crippen MR) is 70.4 cm³/mol. The van der Waals surface area contributed by atoms with Gasteiger partial charge in [-0.15, -0.1) is 0 Å². The summed E-state index contributed by atoms with van der Waals surface area (Å²) in [5.41, 5.74) is 6.53. The highest BCUT2D eigenvalue weighted by Gasteiger charge is 2.10. The van der Waals surface area contributed by atoms with Gasteiger partial charge < -0.3 is 16.2 Å². The molecule has 0 unspecified atom stereocenters. The van der Waals surface area contributed by atoms with Crippen molar-refractivity contribution in [3.8, 4) is 0 Å². The first-order valence-corrected chi connectivity index (χ1v) is 6.47. The van der Waals surface area contributed by atoms with Crippen molar-refractivity contribution in [2.45, 2.75) is 13.0 Å². The summed E-state index contributed by atoms with van der Waals surface area (Å²) in [6.07, 6.45) is 1.76. The molecule has 1 aromatic heterocycles. The molecule has 4 N–H and O–H groups in total. The number of nitrogens with one attached hydrogen (secondary N) is 1. The second-order valence-corrected chi connectivity index (χ2v) is 4.81. The van der Waals surface area contributed by atoms with Crippen LogP contribution in [0.5, 0.6) is 0 Å². The van der Waals surface area contributed by atoms with Crippen molar-refractivity contribution in [2.75, 3.05) is 23.4 Å². The van der Waals surface area contributed by atoms with Crippen LogP contribution in [0.25, 0.3) is 0 Å². The number of nitrogens with two attached hydrogens (primary N) is 1. The number of aliphatic carboxylic acids is 1. The lowest BCUT2D eigenvalue weighted by Crippen LogP contribution is -2.32. The fourth-order valence-corrected chi connectivity index (χ4v) is 1.98. The van der Waals surface area contributed by atoms with Crippen LogP contribution >= 0.6 is 11.8 Å². The topological polar surface area (TPSA) is 88.2 Å². The van der Waals surface area contributed by atoms with E-state index in [0.29, 0.717) is 5.75 Å². The molecule has 0 amide bonds. The van der Waals surface area contributed by atoms with Gasteiger partial charge >= 0.3 is 5.97 Å². The van der Waals surface area contributed by atoms with Gasteiger partial charge in [0.15, 0.2) is 0 Å². The van der Waals surface area contributed by atoms with Crippen LogP contribution in [-0.2, 0) is 4.79 Å². The van der Waals surface area contributed by atoms with E-state index in [1.54, 1.807) is 6.20 Å². The van der Waals surface area contributed by atoms with Gasteiger partial charge in [0.2, 0.25) is 0 Å². The number of hydrogen-bond acceptors (Lipinski definition) is 5. The average Bonchev–Trinajstić information content (AvgIpc) is 2.28. The summed E-state index contributed by atoms with van der Waals surface area (Å²) in [7, 11) is 0. The van der Waals surface area contributed by atoms with E-state index in [1.165, 1.54) is 11.8 Å². The summed E-state index contributed by atoms with van der Waals surface area (Å²) in [4.78, 5) is 14.6. The molecule has 0 bridgehead atoms. The molecule has 0 aliphatic carbocycles.